The third kappa shape index (κ3) is 6.51. The summed E-state index contributed by atoms with van der Waals surface area (Å²) in [4.78, 5) is 20.8. The molecule has 0 saturated heterocycles. The van der Waals surface area contributed by atoms with Crippen molar-refractivity contribution in [3.63, 3.8) is 0 Å². The second kappa shape index (κ2) is 8.68. The topological polar surface area (TPSA) is 179 Å². The number of ether oxygens (including phenoxy) is 1. The van der Waals surface area contributed by atoms with Gasteiger partial charge >= 0.3 is 41.6 Å². The number of hydrogen-bond acceptors (Lipinski definition) is 8. The molecule has 13 heteroatoms. The molecular weight excluding hydrogens is 367 g/mol. The van der Waals surface area contributed by atoms with Crippen LogP contribution < -0.4 is 40.6 Å². The van der Waals surface area contributed by atoms with Crippen molar-refractivity contribution < 1.29 is 67.1 Å². The molecule has 0 spiro atoms. The maximum Gasteiger partial charge on any atom is 1.00 e. The van der Waals surface area contributed by atoms with Gasteiger partial charge in [0.05, 0.1) is 10.6 Å². The van der Waals surface area contributed by atoms with Crippen molar-refractivity contribution in [3.05, 3.63) is 17.2 Å². The number of anilines is 1. The van der Waals surface area contributed by atoms with Crippen LogP contribution in [-0.2, 0) is 19.6 Å². The molecule has 1 aromatic rings. The van der Waals surface area contributed by atoms with Gasteiger partial charge in [0.2, 0.25) is 0 Å². The van der Waals surface area contributed by atoms with Gasteiger partial charge in [0, 0.05) is 5.02 Å². The van der Waals surface area contributed by atoms with E-state index in [9.17, 15) is 27.7 Å². The van der Waals surface area contributed by atoms with E-state index >= 15 is 0 Å². The Kier molecular flexibility index (Phi) is 8.28. The van der Waals surface area contributed by atoms with Gasteiger partial charge in [-0.25, -0.2) is 13.2 Å². The van der Waals surface area contributed by atoms with E-state index in [1.165, 1.54) is 0 Å². The quantitative estimate of drug-likeness (QED) is 0.235. The molecule has 0 aliphatic heterocycles. The van der Waals surface area contributed by atoms with Crippen LogP contribution in [0.5, 0.6) is 5.75 Å². The molecule has 1 amide bonds. The summed E-state index contributed by atoms with van der Waals surface area (Å²) in [7, 11) is -5.03. The summed E-state index contributed by atoms with van der Waals surface area (Å²) in [5.41, 5.74) is 4.59. The summed E-state index contributed by atoms with van der Waals surface area (Å²) in [6.07, 6.45) is -1.23. The number of phenols is 1. The number of carboxylic acids is 1. The zero-order chi connectivity index (χ0) is 17.1. The molecule has 0 aliphatic rings. The van der Waals surface area contributed by atoms with Crippen LogP contribution in [0.2, 0.25) is 5.02 Å². The number of nitrogens with one attached hydrogen (secondary N) is 1. The fourth-order valence-corrected chi connectivity index (χ4v) is 2.14. The van der Waals surface area contributed by atoms with E-state index in [1.807, 2.05) is 5.32 Å². The van der Waals surface area contributed by atoms with Crippen LogP contribution in [0, 0.1) is 0 Å². The van der Waals surface area contributed by atoms with Crippen LogP contribution in [0.25, 0.3) is 0 Å². The molecule has 23 heavy (non-hydrogen) atoms. The van der Waals surface area contributed by atoms with Crippen molar-refractivity contribution in [3.8, 4) is 5.75 Å². The van der Waals surface area contributed by atoms with Crippen molar-refractivity contribution in [2.75, 3.05) is 11.9 Å². The predicted octanol–water partition coefficient (Wildman–Crippen LogP) is -3.09. The Labute approximate surface area is 157 Å². The van der Waals surface area contributed by atoms with E-state index in [2.05, 4.69) is 4.74 Å². The van der Waals surface area contributed by atoms with E-state index < -0.39 is 51.2 Å². The minimum atomic E-state index is -5.03. The normalized spacial score (nSPS) is 12.0. The Morgan fingerprint density at radius 1 is 1.43 bits per heavy atom. The smallest absolute Gasteiger partial charge is 0.744 e. The summed E-state index contributed by atoms with van der Waals surface area (Å²) >= 11 is 5.58. The van der Waals surface area contributed by atoms with Crippen molar-refractivity contribution in [1.82, 2.24) is 0 Å². The number of rotatable bonds is 5. The Morgan fingerprint density at radius 3 is 2.48 bits per heavy atom. The van der Waals surface area contributed by atoms with Gasteiger partial charge in [-0.15, -0.1) is 0 Å². The largest absolute Gasteiger partial charge is 1.00 e. The maximum absolute atomic E-state index is 11.4. The molecule has 5 N–H and O–H groups in total. The van der Waals surface area contributed by atoms with Crippen LogP contribution in [0.3, 0.4) is 0 Å². The van der Waals surface area contributed by atoms with Gasteiger partial charge in [-0.1, -0.05) is 11.6 Å². The van der Waals surface area contributed by atoms with Gasteiger partial charge in [0.1, 0.15) is 22.8 Å². The first-order valence-electron chi connectivity index (χ1n) is 5.43. The average molecular weight is 377 g/mol. The number of aliphatic carboxylic acids is 1. The zero-order valence-corrected chi connectivity index (χ0v) is 15.2. The number of amides is 1. The van der Waals surface area contributed by atoms with Gasteiger partial charge in [0.15, 0.2) is 5.75 Å². The van der Waals surface area contributed by atoms with Gasteiger partial charge in [-0.2, -0.15) is 0 Å². The van der Waals surface area contributed by atoms with Gasteiger partial charge < -0.3 is 25.2 Å². The van der Waals surface area contributed by atoms with E-state index in [-0.39, 0.29) is 34.6 Å². The Morgan fingerprint density at radius 2 is 2.00 bits per heavy atom. The first-order chi connectivity index (χ1) is 10.0. The number of carboxylic acid groups (broad SMARTS) is 1. The van der Waals surface area contributed by atoms with E-state index in [4.69, 9.17) is 22.4 Å². The van der Waals surface area contributed by atoms with Crippen LogP contribution in [0.4, 0.5) is 10.5 Å². The summed E-state index contributed by atoms with van der Waals surface area (Å²) in [6.45, 7) is -0.671. The van der Waals surface area contributed by atoms with Crippen LogP contribution >= 0.6 is 11.6 Å². The Bertz CT molecular complexity index is 711. The first kappa shape index (κ1) is 21.9. The molecule has 0 saturated carbocycles. The van der Waals surface area contributed by atoms with Crippen molar-refractivity contribution in [2.45, 2.75) is 10.9 Å². The molecule has 10 nitrogen and oxygen atoms in total. The second-order valence-corrected chi connectivity index (χ2v) is 5.71. The molecule has 0 aliphatic carbocycles. The maximum atomic E-state index is 11.4. The third-order valence-corrected chi connectivity index (χ3v) is 3.33. The molecule has 1 atom stereocenters. The zero-order valence-electron chi connectivity index (χ0n) is 11.6. The molecule has 0 heterocycles. The molecule has 1 rings (SSSR count). The van der Waals surface area contributed by atoms with Crippen molar-refractivity contribution >= 4 is 39.5 Å². The van der Waals surface area contributed by atoms with Gasteiger partial charge in [-0.3, -0.25) is 10.1 Å². The number of hydrogen-bond donors (Lipinski definition) is 4. The number of carbonyl (C=O) groups is 2. The van der Waals surface area contributed by atoms with Crippen molar-refractivity contribution in [1.29, 1.82) is 0 Å². The predicted molar refractivity (Wildman–Crippen MR) is 71.7 cm³/mol. The number of benzene rings is 1. The minimum absolute atomic E-state index is 0. The molecular formula is C10H10ClN2NaO8S. The van der Waals surface area contributed by atoms with Crippen molar-refractivity contribution in [2.24, 2.45) is 5.73 Å². The summed E-state index contributed by atoms with van der Waals surface area (Å²) < 4.78 is 37.3. The van der Waals surface area contributed by atoms with Crippen LogP contribution in [0.15, 0.2) is 17.0 Å². The molecule has 0 fully saturated rings. The summed E-state index contributed by atoms with van der Waals surface area (Å²) in [6, 6.07) is 0.205. The Hall–Kier alpha value is -1.08. The standard InChI is InChI=1S/C10H11ClN2O8S.Na/c11-4-1-6(8(14)7(2-4)22(18,19)20)13-10(17)21-3-5(12)9(15)16;/h1-2,5,14H,3,12H2,(H,13,17)(H,15,16)(H,18,19,20);/q;+1/p-1/t5-;/m0./s1. The SMILES string of the molecule is N[C@@H](COC(=O)Nc1cc(Cl)cc(S(=O)(=O)[O-])c1O)C(=O)O.[Na+]. The monoisotopic (exact) mass is 376 g/mol. The van der Waals surface area contributed by atoms with Gasteiger partial charge in [-0.05, 0) is 12.1 Å². The number of aromatic hydroxyl groups is 1. The van der Waals surface area contributed by atoms with E-state index in [0.29, 0.717) is 6.07 Å². The molecule has 0 aromatic heterocycles. The fourth-order valence-electron chi connectivity index (χ4n) is 1.24. The molecule has 1 aromatic carbocycles. The molecule has 122 valence electrons. The summed E-state index contributed by atoms with van der Waals surface area (Å²) in [5, 5.41) is 19.8. The molecule has 0 bridgehead atoms. The average Bonchev–Trinajstić information content (AvgIpc) is 2.38. The minimum Gasteiger partial charge on any atom is -0.744 e. The molecule has 0 radical (unpaired) electrons. The fraction of sp³-hybridized carbons (Fsp3) is 0.200. The summed E-state index contributed by atoms with van der Waals surface area (Å²) in [5.74, 6) is -2.43. The second-order valence-electron chi connectivity index (χ2n) is 3.92. The number of carbonyl (C=O) groups excluding carboxylic acids is 1. The van der Waals surface area contributed by atoms with E-state index in [1.54, 1.807) is 0 Å². The Balaban J connectivity index is 0.00000484. The first-order valence-corrected chi connectivity index (χ1v) is 7.21. The third-order valence-electron chi connectivity index (χ3n) is 2.26. The van der Waals surface area contributed by atoms with Crippen LogP contribution in [0.1, 0.15) is 0 Å². The molecule has 0 unspecified atom stereocenters. The number of phenolic OH excluding ortho intramolecular Hbond substituents is 1. The van der Waals surface area contributed by atoms with Crippen LogP contribution in [-0.4, -0.2) is 47.9 Å². The number of nitrogens with two attached hydrogens (primary N) is 1. The van der Waals surface area contributed by atoms with E-state index in [0.717, 1.165) is 6.07 Å². The van der Waals surface area contributed by atoms with Gasteiger partial charge in [0.25, 0.3) is 0 Å². The number of halogens is 1.